The summed E-state index contributed by atoms with van der Waals surface area (Å²) in [6.07, 6.45) is 0.734. The highest BCUT2D eigenvalue weighted by atomic mass is 32.1. The molecule has 0 fully saturated rings. The third-order valence-electron chi connectivity index (χ3n) is 3.90. The van der Waals surface area contributed by atoms with E-state index in [2.05, 4.69) is 10.00 Å². The number of rotatable bonds is 10. The lowest BCUT2D eigenvalue weighted by molar-refractivity contribution is -0.118. The molecule has 0 atom stereocenters. The van der Waals surface area contributed by atoms with Gasteiger partial charge in [0, 0.05) is 26.4 Å². The maximum atomic E-state index is 10.9. The van der Waals surface area contributed by atoms with Crippen LogP contribution in [0.15, 0.2) is 24.3 Å². The van der Waals surface area contributed by atoms with Crippen molar-refractivity contribution in [3.63, 3.8) is 0 Å². The summed E-state index contributed by atoms with van der Waals surface area (Å²) >= 11 is 5.40. The summed E-state index contributed by atoms with van der Waals surface area (Å²) in [7, 11) is 5.44. The highest BCUT2D eigenvalue weighted by Crippen LogP contribution is 2.16. The molecule has 0 saturated heterocycles. The second kappa shape index (κ2) is 9.35. The first-order valence-electron chi connectivity index (χ1n) is 8.27. The van der Waals surface area contributed by atoms with Crippen molar-refractivity contribution in [2.75, 3.05) is 27.3 Å². The number of hydrogen-bond acceptors (Lipinski definition) is 6. The van der Waals surface area contributed by atoms with Crippen LogP contribution in [0.5, 0.6) is 11.5 Å². The number of primary amides is 1. The zero-order valence-corrected chi connectivity index (χ0v) is 16.2. The summed E-state index contributed by atoms with van der Waals surface area (Å²) in [5, 5.41) is 4.48. The van der Waals surface area contributed by atoms with Crippen LogP contribution >= 0.6 is 12.2 Å². The molecule has 8 nitrogen and oxygen atoms in total. The normalized spacial score (nSPS) is 10.9. The van der Waals surface area contributed by atoms with Gasteiger partial charge in [-0.25, -0.2) is 4.68 Å². The fraction of sp³-hybridized carbons (Fsp3) is 0.471. The van der Waals surface area contributed by atoms with Crippen LogP contribution in [-0.2, 0) is 24.9 Å². The first-order valence-corrected chi connectivity index (χ1v) is 8.68. The molecule has 0 spiro atoms. The number of aromatic nitrogens is 3. The Bertz CT molecular complexity index is 785. The number of carbonyl (C=O) groups excluding carboxylic acids is 1. The molecule has 0 unspecified atom stereocenters. The molecule has 1 heterocycles. The lowest BCUT2D eigenvalue weighted by atomic mass is 10.3. The molecule has 1 amide bonds. The Hall–Kier alpha value is -2.39. The highest BCUT2D eigenvalue weighted by molar-refractivity contribution is 7.71. The third kappa shape index (κ3) is 5.57. The molecule has 2 rings (SSSR count). The number of ether oxygens (including phenoxy) is 2. The quantitative estimate of drug-likeness (QED) is 0.627. The SMILES string of the molecule is COc1ccc(OCCN(C)Cn2nc(CCC(N)=O)n(C)c2=S)cc1. The van der Waals surface area contributed by atoms with Crippen molar-refractivity contribution in [1.29, 1.82) is 0 Å². The van der Waals surface area contributed by atoms with Crippen LogP contribution in [0.4, 0.5) is 0 Å². The fourth-order valence-electron chi connectivity index (χ4n) is 2.37. The molecule has 1 aromatic carbocycles. The minimum atomic E-state index is -0.349. The summed E-state index contributed by atoms with van der Waals surface area (Å²) in [5.41, 5.74) is 5.20. The average Bonchev–Trinajstić information content (AvgIpc) is 2.88. The lowest BCUT2D eigenvalue weighted by Crippen LogP contribution is -2.27. The maximum absolute atomic E-state index is 10.9. The maximum Gasteiger partial charge on any atom is 0.217 e. The summed E-state index contributed by atoms with van der Waals surface area (Å²) in [6, 6.07) is 7.47. The van der Waals surface area contributed by atoms with E-state index >= 15 is 0 Å². The molecule has 26 heavy (non-hydrogen) atoms. The Morgan fingerprint density at radius 2 is 1.96 bits per heavy atom. The Labute approximate surface area is 158 Å². The van der Waals surface area contributed by atoms with E-state index in [0.29, 0.717) is 31.0 Å². The molecule has 142 valence electrons. The van der Waals surface area contributed by atoms with Gasteiger partial charge in [-0.05, 0) is 43.5 Å². The van der Waals surface area contributed by atoms with Gasteiger partial charge in [0.15, 0.2) is 4.77 Å². The van der Waals surface area contributed by atoms with E-state index in [1.54, 1.807) is 16.4 Å². The van der Waals surface area contributed by atoms with Crippen LogP contribution < -0.4 is 15.2 Å². The molecule has 0 radical (unpaired) electrons. The van der Waals surface area contributed by atoms with Crippen LogP contribution in [0.3, 0.4) is 0 Å². The van der Waals surface area contributed by atoms with Crippen LogP contribution in [-0.4, -0.2) is 52.5 Å². The van der Waals surface area contributed by atoms with Crippen LogP contribution in [0, 0.1) is 4.77 Å². The van der Waals surface area contributed by atoms with Crippen molar-refractivity contribution in [3.8, 4) is 11.5 Å². The van der Waals surface area contributed by atoms with Crippen LogP contribution in [0.1, 0.15) is 12.2 Å². The van der Waals surface area contributed by atoms with Gasteiger partial charge in [0.25, 0.3) is 0 Å². The zero-order valence-electron chi connectivity index (χ0n) is 15.3. The largest absolute Gasteiger partial charge is 0.497 e. The van der Waals surface area contributed by atoms with Crippen molar-refractivity contribution in [3.05, 3.63) is 34.9 Å². The fourth-order valence-corrected chi connectivity index (χ4v) is 2.57. The van der Waals surface area contributed by atoms with Crippen molar-refractivity contribution in [2.24, 2.45) is 12.8 Å². The Balaban J connectivity index is 1.85. The van der Waals surface area contributed by atoms with Crippen molar-refractivity contribution in [2.45, 2.75) is 19.5 Å². The molecule has 0 saturated carbocycles. The Kier molecular flexibility index (Phi) is 7.16. The third-order valence-corrected chi connectivity index (χ3v) is 4.39. The van der Waals surface area contributed by atoms with Gasteiger partial charge in [-0.1, -0.05) is 0 Å². The molecule has 0 aliphatic heterocycles. The summed E-state index contributed by atoms with van der Waals surface area (Å²) in [4.78, 5) is 13.0. The summed E-state index contributed by atoms with van der Waals surface area (Å²) in [5.74, 6) is 1.99. The van der Waals surface area contributed by atoms with Gasteiger partial charge in [0.05, 0.1) is 13.8 Å². The van der Waals surface area contributed by atoms with Crippen molar-refractivity contribution in [1.82, 2.24) is 19.2 Å². The van der Waals surface area contributed by atoms with Gasteiger partial charge in [-0.15, -0.1) is 0 Å². The van der Waals surface area contributed by atoms with Crippen molar-refractivity contribution >= 4 is 18.1 Å². The number of benzene rings is 1. The topological polar surface area (TPSA) is 87.5 Å². The summed E-state index contributed by atoms with van der Waals surface area (Å²) in [6.45, 7) is 1.79. The predicted molar refractivity (Wildman–Crippen MR) is 101 cm³/mol. The predicted octanol–water partition coefficient (Wildman–Crippen LogP) is 1.35. The van der Waals surface area contributed by atoms with Crippen LogP contribution in [0.25, 0.3) is 0 Å². The number of aryl methyl sites for hydroxylation is 1. The number of hydrogen-bond donors (Lipinski definition) is 1. The molecular formula is C17H25N5O3S. The van der Waals surface area contributed by atoms with Crippen LogP contribution in [0.2, 0.25) is 0 Å². The molecule has 0 aliphatic carbocycles. The molecule has 1 aromatic heterocycles. The van der Waals surface area contributed by atoms with Gasteiger partial charge in [-0.2, -0.15) is 5.10 Å². The van der Waals surface area contributed by atoms with E-state index in [9.17, 15) is 4.79 Å². The number of nitrogens with two attached hydrogens (primary N) is 1. The first-order chi connectivity index (χ1) is 12.4. The minimum Gasteiger partial charge on any atom is -0.497 e. The smallest absolute Gasteiger partial charge is 0.217 e. The number of amides is 1. The minimum absolute atomic E-state index is 0.255. The van der Waals surface area contributed by atoms with Gasteiger partial charge in [0.2, 0.25) is 5.91 Å². The van der Waals surface area contributed by atoms with Gasteiger partial charge in [0.1, 0.15) is 23.9 Å². The Morgan fingerprint density at radius 3 is 2.58 bits per heavy atom. The monoisotopic (exact) mass is 379 g/mol. The molecule has 2 N–H and O–H groups in total. The number of nitrogens with zero attached hydrogens (tertiary/aromatic N) is 4. The standard InChI is InChI=1S/C17H25N5O3S/c1-20(10-11-25-14-6-4-13(24-3)5-7-14)12-22-17(26)21(2)16(19-22)9-8-15(18)23/h4-7H,8-12H2,1-3H3,(H2,18,23). The molecule has 0 bridgehead atoms. The van der Waals surface area contributed by atoms with Gasteiger partial charge < -0.3 is 19.8 Å². The van der Waals surface area contributed by atoms with E-state index in [1.165, 1.54) is 0 Å². The van der Waals surface area contributed by atoms with E-state index in [1.807, 2.05) is 38.4 Å². The second-order valence-electron chi connectivity index (χ2n) is 5.97. The number of carbonyl (C=O) groups is 1. The first kappa shape index (κ1) is 19.9. The highest BCUT2D eigenvalue weighted by Gasteiger charge is 2.10. The lowest BCUT2D eigenvalue weighted by Gasteiger charge is -2.16. The molecule has 2 aromatic rings. The molecule has 0 aliphatic rings. The number of methoxy groups -OCH3 is 1. The Morgan fingerprint density at radius 1 is 1.31 bits per heavy atom. The molecular weight excluding hydrogens is 354 g/mol. The van der Waals surface area contributed by atoms with Gasteiger partial charge >= 0.3 is 0 Å². The van der Waals surface area contributed by atoms with E-state index in [-0.39, 0.29) is 12.3 Å². The van der Waals surface area contributed by atoms with E-state index in [4.69, 9.17) is 27.4 Å². The molecule has 9 heteroatoms. The van der Waals surface area contributed by atoms with E-state index in [0.717, 1.165) is 17.3 Å². The second-order valence-corrected chi connectivity index (χ2v) is 6.33. The zero-order chi connectivity index (χ0) is 19.1. The number of likely N-dealkylation sites (N-methyl/N-ethyl adjacent to an activating group) is 1. The van der Waals surface area contributed by atoms with Crippen molar-refractivity contribution < 1.29 is 14.3 Å². The van der Waals surface area contributed by atoms with E-state index < -0.39 is 0 Å². The van der Waals surface area contributed by atoms with Gasteiger partial charge in [-0.3, -0.25) is 9.69 Å². The average molecular weight is 379 g/mol. The summed E-state index contributed by atoms with van der Waals surface area (Å²) < 4.78 is 15.0.